The van der Waals surface area contributed by atoms with E-state index in [1.807, 2.05) is 0 Å². The molecule has 4 heteroatoms. The predicted molar refractivity (Wildman–Crippen MR) is 69.8 cm³/mol. The molecule has 0 fully saturated rings. The van der Waals surface area contributed by atoms with E-state index >= 15 is 0 Å². The number of benzene rings is 1. The summed E-state index contributed by atoms with van der Waals surface area (Å²) in [6, 6.07) is 8.43. The van der Waals surface area contributed by atoms with Gasteiger partial charge in [-0.2, -0.15) is 0 Å². The van der Waals surface area contributed by atoms with Crippen LogP contribution in [0, 0.1) is 0 Å². The van der Waals surface area contributed by atoms with Gasteiger partial charge in [0.15, 0.2) is 0 Å². The van der Waals surface area contributed by atoms with Crippen molar-refractivity contribution in [3.05, 3.63) is 34.3 Å². The highest BCUT2D eigenvalue weighted by Gasteiger charge is 2.11. The zero-order chi connectivity index (χ0) is 11.5. The van der Waals surface area contributed by atoms with Crippen LogP contribution in [0.2, 0.25) is 0 Å². The van der Waals surface area contributed by atoms with Gasteiger partial charge in [0, 0.05) is 23.5 Å². The van der Waals surface area contributed by atoms with E-state index in [1.165, 1.54) is 10.9 Å². The summed E-state index contributed by atoms with van der Waals surface area (Å²) in [5, 5.41) is 11.5. The molecule has 16 heavy (non-hydrogen) atoms. The predicted octanol–water partition coefficient (Wildman–Crippen LogP) is 2.57. The molecule has 0 amide bonds. The van der Waals surface area contributed by atoms with Crippen molar-refractivity contribution in [2.45, 2.75) is 6.42 Å². The Morgan fingerprint density at radius 3 is 2.94 bits per heavy atom. The summed E-state index contributed by atoms with van der Waals surface area (Å²) in [6.45, 7) is 1.01. The second-order valence-electron chi connectivity index (χ2n) is 3.51. The Morgan fingerprint density at radius 1 is 1.31 bits per heavy atom. The van der Waals surface area contributed by atoms with Gasteiger partial charge in [0.05, 0.1) is 5.52 Å². The van der Waals surface area contributed by atoms with Gasteiger partial charge in [-0.3, -0.25) is 0 Å². The number of aliphatic hydroxyl groups excluding tert-OH is 1. The normalized spacial score (nSPS) is 12.7. The van der Waals surface area contributed by atoms with Crippen molar-refractivity contribution < 1.29 is 5.11 Å². The minimum atomic E-state index is 1.00. The molecule has 0 radical (unpaired) electrons. The van der Waals surface area contributed by atoms with Crippen LogP contribution in [0.3, 0.4) is 0 Å². The fourth-order valence-corrected chi connectivity index (χ4v) is 2.19. The number of fused-ring (bicyclic) bond motifs is 2. The molecule has 3 rings (SSSR count). The summed E-state index contributed by atoms with van der Waals surface area (Å²) in [5.74, 6) is 1.05. The van der Waals surface area contributed by atoms with Gasteiger partial charge in [-0.05, 0) is 30.2 Å². The zero-order valence-electron chi connectivity index (χ0n) is 9.00. The molecule has 0 saturated carbocycles. The molecule has 2 aromatic rings. The molecule has 0 aliphatic carbocycles. The van der Waals surface area contributed by atoms with Crippen LogP contribution in [0.4, 0.5) is 5.82 Å². The van der Waals surface area contributed by atoms with Gasteiger partial charge in [-0.15, -0.1) is 0 Å². The average molecular weight is 281 g/mol. The first-order valence-corrected chi connectivity index (χ1v) is 5.90. The molecule has 0 atom stereocenters. The molecule has 0 unspecified atom stereocenters. The molecule has 1 aromatic heterocycles. The molecule has 3 nitrogen and oxygen atoms in total. The number of rotatable bonds is 0. The fraction of sp³-hybridized carbons (Fsp3) is 0.250. The van der Waals surface area contributed by atoms with Gasteiger partial charge >= 0.3 is 0 Å². The number of halogens is 1. The van der Waals surface area contributed by atoms with Crippen molar-refractivity contribution in [1.82, 2.24) is 4.98 Å². The lowest BCUT2D eigenvalue weighted by Crippen LogP contribution is -1.93. The molecule has 2 N–H and O–H groups in total. The van der Waals surface area contributed by atoms with E-state index in [-0.39, 0.29) is 0 Å². The molecule has 2 heterocycles. The monoisotopic (exact) mass is 280 g/mol. The number of hydrogen-bond acceptors (Lipinski definition) is 3. The van der Waals surface area contributed by atoms with E-state index in [0.29, 0.717) is 0 Å². The van der Waals surface area contributed by atoms with Crippen LogP contribution in [0.15, 0.2) is 28.7 Å². The van der Waals surface area contributed by atoms with E-state index < -0.39 is 0 Å². The van der Waals surface area contributed by atoms with E-state index in [4.69, 9.17) is 5.11 Å². The standard InChI is InChI=1S/C11H9BrN2.CH4O/c12-9-2-1-7-5-8-3-4-13-11(8)14-10(7)6-9;1-2/h1-2,5-6H,3-4H2,(H,13,14);2H,1H3. The number of pyridine rings is 1. The minimum absolute atomic E-state index is 1.00. The third kappa shape index (κ3) is 2.03. The first-order chi connectivity index (χ1) is 7.83. The maximum Gasteiger partial charge on any atom is 0.129 e. The summed E-state index contributed by atoms with van der Waals surface area (Å²) in [7, 11) is 1.00. The van der Waals surface area contributed by atoms with Gasteiger partial charge in [-0.1, -0.05) is 22.0 Å². The molecule has 0 bridgehead atoms. The maximum absolute atomic E-state index is 7.00. The summed E-state index contributed by atoms with van der Waals surface area (Å²) in [6.07, 6.45) is 1.09. The minimum Gasteiger partial charge on any atom is -0.400 e. The highest BCUT2D eigenvalue weighted by molar-refractivity contribution is 9.10. The van der Waals surface area contributed by atoms with E-state index in [2.05, 4.69) is 50.5 Å². The number of nitrogens with one attached hydrogen (secondary N) is 1. The number of hydrogen-bond donors (Lipinski definition) is 2. The Morgan fingerprint density at radius 2 is 2.12 bits per heavy atom. The molecule has 1 aliphatic rings. The van der Waals surface area contributed by atoms with Gasteiger partial charge in [-0.25, -0.2) is 4.98 Å². The second-order valence-corrected chi connectivity index (χ2v) is 4.43. The molecular formula is C12H13BrN2O. The summed E-state index contributed by atoms with van der Waals surface area (Å²) < 4.78 is 1.08. The van der Waals surface area contributed by atoms with Gasteiger partial charge in [0.2, 0.25) is 0 Å². The van der Waals surface area contributed by atoms with Crippen molar-refractivity contribution in [2.75, 3.05) is 19.0 Å². The molecule has 84 valence electrons. The van der Waals surface area contributed by atoms with Crippen LogP contribution in [0.5, 0.6) is 0 Å². The summed E-state index contributed by atoms with van der Waals surface area (Å²) in [4.78, 5) is 4.58. The molecule has 1 aliphatic heterocycles. The zero-order valence-corrected chi connectivity index (χ0v) is 10.6. The van der Waals surface area contributed by atoms with Crippen molar-refractivity contribution in [1.29, 1.82) is 0 Å². The number of anilines is 1. The van der Waals surface area contributed by atoms with Crippen LogP contribution in [-0.2, 0) is 6.42 Å². The lowest BCUT2D eigenvalue weighted by Gasteiger charge is -2.02. The van der Waals surface area contributed by atoms with Crippen molar-refractivity contribution >= 4 is 32.7 Å². The third-order valence-corrected chi connectivity index (χ3v) is 3.04. The van der Waals surface area contributed by atoms with Crippen LogP contribution < -0.4 is 5.32 Å². The second kappa shape index (κ2) is 4.80. The van der Waals surface area contributed by atoms with Gasteiger partial charge in [0.1, 0.15) is 5.82 Å². The van der Waals surface area contributed by atoms with Crippen molar-refractivity contribution in [3.8, 4) is 0 Å². The van der Waals surface area contributed by atoms with Gasteiger partial charge < -0.3 is 10.4 Å². The van der Waals surface area contributed by atoms with Crippen molar-refractivity contribution in [3.63, 3.8) is 0 Å². The Labute approximate surface area is 103 Å². The quantitative estimate of drug-likeness (QED) is 0.780. The van der Waals surface area contributed by atoms with Crippen LogP contribution in [-0.4, -0.2) is 23.7 Å². The van der Waals surface area contributed by atoms with Gasteiger partial charge in [0.25, 0.3) is 0 Å². The SMILES string of the molecule is Brc1ccc2cc3c(nc2c1)NCC3.CO. The number of nitrogens with zero attached hydrogens (tertiary/aromatic N) is 1. The van der Waals surface area contributed by atoms with E-state index in [0.717, 1.165) is 35.9 Å². The Hall–Kier alpha value is -1.13. The van der Waals surface area contributed by atoms with Crippen LogP contribution in [0.1, 0.15) is 5.56 Å². The Bertz CT molecular complexity index is 514. The smallest absolute Gasteiger partial charge is 0.129 e. The van der Waals surface area contributed by atoms with E-state index in [1.54, 1.807) is 0 Å². The first-order valence-electron chi connectivity index (χ1n) is 5.11. The first kappa shape index (κ1) is 11.4. The molecular weight excluding hydrogens is 268 g/mol. The number of aromatic nitrogens is 1. The molecule has 1 aromatic carbocycles. The Kier molecular flexibility index (Phi) is 3.41. The summed E-state index contributed by atoms with van der Waals surface area (Å²) >= 11 is 3.45. The maximum atomic E-state index is 7.00. The average Bonchev–Trinajstić information content (AvgIpc) is 2.75. The lowest BCUT2D eigenvalue weighted by molar-refractivity contribution is 0.399. The largest absolute Gasteiger partial charge is 0.400 e. The molecule has 0 spiro atoms. The summed E-state index contributed by atoms with van der Waals surface area (Å²) in [5.41, 5.74) is 2.38. The fourth-order valence-electron chi connectivity index (χ4n) is 1.84. The highest BCUT2D eigenvalue weighted by Crippen LogP contribution is 2.26. The van der Waals surface area contributed by atoms with Crippen LogP contribution >= 0.6 is 15.9 Å². The van der Waals surface area contributed by atoms with Crippen LogP contribution in [0.25, 0.3) is 10.9 Å². The lowest BCUT2D eigenvalue weighted by atomic mass is 10.1. The third-order valence-electron chi connectivity index (χ3n) is 2.55. The van der Waals surface area contributed by atoms with Crippen molar-refractivity contribution in [2.24, 2.45) is 0 Å². The topological polar surface area (TPSA) is 45.2 Å². The number of aliphatic hydroxyl groups is 1. The Balaban J connectivity index is 0.000000457. The molecule has 0 saturated heterocycles. The van der Waals surface area contributed by atoms with E-state index in [9.17, 15) is 0 Å². The highest BCUT2D eigenvalue weighted by atomic mass is 79.9.